The molecule has 0 aliphatic carbocycles. The van der Waals surface area contributed by atoms with Crippen LogP contribution in [0.4, 0.5) is 5.69 Å². The minimum atomic E-state index is -3.63. The molecule has 0 fully saturated rings. The Labute approximate surface area is 102 Å². The molecule has 0 heterocycles. The van der Waals surface area contributed by atoms with Gasteiger partial charge in [-0.1, -0.05) is 6.07 Å². The third-order valence-corrected chi connectivity index (χ3v) is 4.19. The molecule has 1 aromatic rings. The van der Waals surface area contributed by atoms with Crippen LogP contribution in [0.2, 0.25) is 0 Å². The molecule has 1 rings (SSSR count). The smallest absolute Gasteiger partial charge is 0.241 e. The zero-order chi connectivity index (χ0) is 13.2. The van der Waals surface area contributed by atoms with Crippen LogP contribution in [0.25, 0.3) is 0 Å². The Morgan fingerprint density at radius 2 is 2.00 bits per heavy atom. The van der Waals surface area contributed by atoms with Gasteiger partial charge < -0.3 is 10.8 Å². The van der Waals surface area contributed by atoms with E-state index in [1.165, 1.54) is 6.92 Å². The number of rotatable bonds is 4. The van der Waals surface area contributed by atoms with Crippen LogP contribution in [0.5, 0.6) is 0 Å². The predicted molar refractivity (Wildman–Crippen MR) is 67.2 cm³/mol. The molecule has 0 saturated carbocycles. The molecule has 17 heavy (non-hydrogen) atoms. The van der Waals surface area contributed by atoms with Crippen molar-refractivity contribution in [2.75, 3.05) is 12.3 Å². The fourth-order valence-electron chi connectivity index (χ4n) is 1.56. The number of nitrogens with one attached hydrogen (secondary N) is 1. The van der Waals surface area contributed by atoms with Gasteiger partial charge in [-0.3, -0.25) is 0 Å². The molecule has 0 aromatic heterocycles. The lowest BCUT2D eigenvalue weighted by molar-refractivity contribution is 0.198. The normalized spacial score (nSPS) is 13.6. The predicted octanol–water partition coefficient (Wildman–Crippen LogP) is 0.545. The summed E-state index contributed by atoms with van der Waals surface area (Å²) in [6, 6.07) is 3.34. The Morgan fingerprint density at radius 3 is 2.53 bits per heavy atom. The average Bonchev–Trinajstić information content (AvgIpc) is 2.21. The summed E-state index contributed by atoms with van der Waals surface area (Å²) >= 11 is 0. The van der Waals surface area contributed by atoms with E-state index in [2.05, 4.69) is 4.72 Å². The highest BCUT2D eigenvalue weighted by molar-refractivity contribution is 7.89. The maximum atomic E-state index is 12.1. The van der Waals surface area contributed by atoms with Crippen molar-refractivity contribution in [3.05, 3.63) is 23.3 Å². The summed E-state index contributed by atoms with van der Waals surface area (Å²) in [6.45, 7) is 4.88. The van der Waals surface area contributed by atoms with E-state index in [-0.39, 0.29) is 11.4 Å². The molecule has 4 N–H and O–H groups in total. The Bertz CT molecular complexity index is 510. The van der Waals surface area contributed by atoms with E-state index in [9.17, 15) is 8.42 Å². The third kappa shape index (κ3) is 3.18. The summed E-state index contributed by atoms with van der Waals surface area (Å²) in [5, 5.41) is 9.10. The molecule has 96 valence electrons. The van der Waals surface area contributed by atoms with Gasteiger partial charge in [-0.25, -0.2) is 13.1 Å². The van der Waals surface area contributed by atoms with Gasteiger partial charge in [-0.05, 0) is 38.0 Å². The van der Waals surface area contributed by atoms with Gasteiger partial charge in [0.2, 0.25) is 10.0 Å². The topological polar surface area (TPSA) is 92.4 Å². The van der Waals surface area contributed by atoms with Crippen LogP contribution in [0, 0.1) is 13.8 Å². The first-order valence-electron chi connectivity index (χ1n) is 5.29. The van der Waals surface area contributed by atoms with E-state index in [0.29, 0.717) is 16.8 Å². The lowest BCUT2D eigenvalue weighted by Gasteiger charge is -2.14. The van der Waals surface area contributed by atoms with Crippen LogP contribution in [0.3, 0.4) is 0 Å². The van der Waals surface area contributed by atoms with E-state index < -0.39 is 16.1 Å². The number of aryl methyl sites for hydroxylation is 1. The molecular formula is C11H18N2O3S. The number of nitrogens with two attached hydrogens (primary N) is 1. The van der Waals surface area contributed by atoms with Crippen molar-refractivity contribution < 1.29 is 13.5 Å². The molecule has 1 atom stereocenters. The second-order valence-electron chi connectivity index (χ2n) is 4.13. The molecule has 0 saturated heterocycles. The zero-order valence-corrected chi connectivity index (χ0v) is 11.0. The van der Waals surface area contributed by atoms with Crippen molar-refractivity contribution in [1.82, 2.24) is 4.72 Å². The first kappa shape index (κ1) is 14.0. The van der Waals surface area contributed by atoms with Gasteiger partial charge in [0.1, 0.15) is 0 Å². The van der Waals surface area contributed by atoms with Gasteiger partial charge in [0.05, 0.1) is 11.0 Å². The summed E-state index contributed by atoms with van der Waals surface area (Å²) in [5.41, 5.74) is 7.30. The molecule has 0 amide bonds. The van der Waals surface area contributed by atoms with Crippen LogP contribution in [0.15, 0.2) is 17.0 Å². The second-order valence-corrected chi connectivity index (χ2v) is 5.83. The van der Waals surface area contributed by atoms with Crippen molar-refractivity contribution in [2.45, 2.75) is 31.8 Å². The number of hydrogen-bond donors (Lipinski definition) is 3. The number of benzene rings is 1. The van der Waals surface area contributed by atoms with Crippen molar-refractivity contribution in [1.29, 1.82) is 0 Å². The Morgan fingerprint density at radius 1 is 1.41 bits per heavy atom. The molecule has 0 radical (unpaired) electrons. The Hall–Kier alpha value is -1.11. The maximum Gasteiger partial charge on any atom is 0.241 e. The zero-order valence-electron chi connectivity index (χ0n) is 10.2. The fraction of sp³-hybridized carbons (Fsp3) is 0.455. The molecule has 0 aliphatic rings. The lowest BCUT2D eigenvalue weighted by Crippen LogP contribution is -2.31. The van der Waals surface area contributed by atoms with Gasteiger partial charge in [0.15, 0.2) is 0 Å². The molecular weight excluding hydrogens is 240 g/mol. The van der Waals surface area contributed by atoms with Gasteiger partial charge in [-0.2, -0.15) is 0 Å². The Balaban J connectivity index is 3.19. The number of aliphatic hydroxyl groups is 1. The van der Waals surface area contributed by atoms with Crippen molar-refractivity contribution in [3.8, 4) is 0 Å². The quantitative estimate of drug-likeness (QED) is 0.687. The summed E-state index contributed by atoms with van der Waals surface area (Å²) in [6.07, 6.45) is -0.730. The standard InChI is InChI=1S/C11H18N2O3S/c1-7-4-5-10(12)9(3)11(7)17(15,16)13-6-8(2)14/h4-5,8,13-14H,6,12H2,1-3H3/t8-/m0/s1. The van der Waals surface area contributed by atoms with Gasteiger partial charge in [0, 0.05) is 12.2 Å². The van der Waals surface area contributed by atoms with E-state index in [0.717, 1.165) is 0 Å². The highest BCUT2D eigenvalue weighted by atomic mass is 32.2. The molecule has 5 nitrogen and oxygen atoms in total. The summed E-state index contributed by atoms with van der Waals surface area (Å²) in [5.74, 6) is 0. The van der Waals surface area contributed by atoms with Gasteiger partial charge >= 0.3 is 0 Å². The van der Waals surface area contributed by atoms with Crippen molar-refractivity contribution in [2.24, 2.45) is 0 Å². The van der Waals surface area contributed by atoms with Crippen molar-refractivity contribution in [3.63, 3.8) is 0 Å². The number of nitrogen functional groups attached to an aromatic ring is 1. The summed E-state index contributed by atoms with van der Waals surface area (Å²) in [7, 11) is -3.63. The fourth-order valence-corrected chi connectivity index (χ4v) is 3.18. The number of aliphatic hydroxyl groups excluding tert-OH is 1. The molecule has 0 bridgehead atoms. The average molecular weight is 258 g/mol. The highest BCUT2D eigenvalue weighted by Crippen LogP contribution is 2.24. The molecule has 1 aromatic carbocycles. The van der Waals surface area contributed by atoms with Crippen LogP contribution in [-0.2, 0) is 10.0 Å². The Kier molecular flexibility index (Phi) is 4.13. The van der Waals surface area contributed by atoms with Gasteiger partial charge in [-0.15, -0.1) is 0 Å². The van der Waals surface area contributed by atoms with E-state index in [1.807, 2.05) is 0 Å². The SMILES string of the molecule is Cc1ccc(N)c(C)c1S(=O)(=O)NC[C@H](C)O. The van der Waals surface area contributed by atoms with Crippen LogP contribution < -0.4 is 10.5 Å². The minimum Gasteiger partial charge on any atom is -0.398 e. The molecule has 0 aliphatic heterocycles. The van der Waals surface area contributed by atoms with Crippen LogP contribution in [0.1, 0.15) is 18.1 Å². The van der Waals surface area contributed by atoms with Crippen molar-refractivity contribution >= 4 is 15.7 Å². The largest absolute Gasteiger partial charge is 0.398 e. The number of hydrogen-bond acceptors (Lipinski definition) is 4. The van der Waals surface area contributed by atoms with Gasteiger partial charge in [0.25, 0.3) is 0 Å². The van der Waals surface area contributed by atoms with Crippen LogP contribution >= 0.6 is 0 Å². The van der Waals surface area contributed by atoms with Crippen LogP contribution in [-0.4, -0.2) is 26.2 Å². The minimum absolute atomic E-state index is 0.0178. The third-order valence-electron chi connectivity index (χ3n) is 2.48. The summed E-state index contributed by atoms with van der Waals surface area (Å²) < 4.78 is 26.5. The van der Waals surface area contributed by atoms with E-state index in [4.69, 9.17) is 10.8 Å². The molecule has 0 unspecified atom stereocenters. The number of anilines is 1. The van der Waals surface area contributed by atoms with E-state index >= 15 is 0 Å². The second kappa shape index (κ2) is 5.03. The number of sulfonamides is 1. The molecule has 0 spiro atoms. The first-order valence-corrected chi connectivity index (χ1v) is 6.77. The first-order chi connectivity index (χ1) is 7.75. The highest BCUT2D eigenvalue weighted by Gasteiger charge is 2.20. The van der Waals surface area contributed by atoms with E-state index in [1.54, 1.807) is 26.0 Å². The maximum absolute atomic E-state index is 12.1. The lowest BCUT2D eigenvalue weighted by atomic mass is 10.1. The monoisotopic (exact) mass is 258 g/mol. The summed E-state index contributed by atoms with van der Waals surface area (Å²) in [4.78, 5) is 0.193. The molecule has 6 heteroatoms.